The van der Waals surface area contributed by atoms with E-state index < -0.39 is 12.2 Å². The van der Waals surface area contributed by atoms with Crippen LogP contribution in [0.3, 0.4) is 0 Å². The highest BCUT2D eigenvalue weighted by molar-refractivity contribution is 7.99. The number of alkyl halides is 3. The molecule has 5 nitrogen and oxygen atoms in total. The molecule has 2 aliphatic rings. The molecule has 2 unspecified atom stereocenters. The Bertz CT molecular complexity index is 455. The fourth-order valence-electron chi connectivity index (χ4n) is 3.35. The van der Waals surface area contributed by atoms with Crippen molar-refractivity contribution in [3.63, 3.8) is 0 Å². The highest BCUT2D eigenvalue weighted by Gasteiger charge is 2.41. The molecule has 2 rings (SSSR count). The quantitative estimate of drug-likeness (QED) is 0.591. The van der Waals surface area contributed by atoms with Crippen LogP contribution in [0.5, 0.6) is 0 Å². The topological polar surface area (TPSA) is 34.1 Å². The monoisotopic (exact) mass is 381 g/mol. The molecule has 2 atom stereocenters. The Morgan fingerprint density at radius 2 is 1.92 bits per heavy atom. The Kier molecular flexibility index (Phi) is 6.89. The minimum absolute atomic E-state index is 0.118. The zero-order valence-electron chi connectivity index (χ0n) is 15.6. The van der Waals surface area contributed by atoms with Crippen LogP contribution in [0.1, 0.15) is 13.3 Å². The van der Waals surface area contributed by atoms with Crippen LogP contribution in [0.25, 0.3) is 0 Å². The van der Waals surface area contributed by atoms with Gasteiger partial charge in [0.2, 0.25) is 0 Å². The molecule has 2 saturated heterocycles. The van der Waals surface area contributed by atoms with Gasteiger partial charge < -0.3 is 15.1 Å². The summed E-state index contributed by atoms with van der Waals surface area (Å²) < 4.78 is 38.6. The lowest BCUT2D eigenvalue weighted by Crippen LogP contribution is -2.59. The first kappa shape index (κ1) is 20.6. The summed E-state index contributed by atoms with van der Waals surface area (Å²) in [5.41, 5.74) is 0.118. The Balaban J connectivity index is 1.88. The van der Waals surface area contributed by atoms with Gasteiger partial charge in [-0.05, 0) is 33.2 Å². The van der Waals surface area contributed by atoms with Crippen LogP contribution in [0, 0.1) is 0 Å². The number of hydrogen-bond donors (Lipinski definition) is 1. The number of thioether (sulfide) groups is 1. The number of likely N-dealkylation sites (N-methyl/N-ethyl adjacent to an activating group) is 1. The van der Waals surface area contributed by atoms with E-state index in [0.29, 0.717) is 26.2 Å². The van der Waals surface area contributed by atoms with E-state index in [2.05, 4.69) is 34.2 Å². The van der Waals surface area contributed by atoms with Gasteiger partial charge in [0.15, 0.2) is 5.96 Å². The second-order valence-electron chi connectivity index (χ2n) is 7.06. The van der Waals surface area contributed by atoms with Crippen molar-refractivity contribution >= 4 is 17.7 Å². The zero-order valence-corrected chi connectivity index (χ0v) is 16.4. The summed E-state index contributed by atoms with van der Waals surface area (Å²) in [5.74, 6) is 3.03. The van der Waals surface area contributed by atoms with Crippen molar-refractivity contribution in [2.24, 2.45) is 4.99 Å². The Morgan fingerprint density at radius 1 is 1.28 bits per heavy atom. The molecule has 2 heterocycles. The van der Waals surface area contributed by atoms with E-state index in [1.807, 2.05) is 11.8 Å². The lowest BCUT2D eigenvalue weighted by atomic mass is 9.97. The van der Waals surface area contributed by atoms with Crippen molar-refractivity contribution in [2.45, 2.75) is 31.1 Å². The summed E-state index contributed by atoms with van der Waals surface area (Å²) in [5, 5.41) is 3.46. The number of nitrogens with one attached hydrogen (secondary N) is 1. The van der Waals surface area contributed by atoms with Crippen molar-refractivity contribution in [3.05, 3.63) is 0 Å². The van der Waals surface area contributed by atoms with Crippen molar-refractivity contribution in [1.29, 1.82) is 0 Å². The number of piperazine rings is 1. The third-order valence-corrected chi connectivity index (χ3v) is 6.69. The minimum atomic E-state index is -4.17. The maximum atomic E-state index is 12.9. The summed E-state index contributed by atoms with van der Waals surface area (Å²) in [4.78, 5) is 10.2. The molecule has 9 heteroatoms. The summed E-state index contributed by atoms with van der Waals surface area (Å²) >= 11 is 1.96. The zero-order chi connectivity index (χ0) is 18.7. The number of hydrogen-bond acceptors (Lipinski definition) is 4. The molecule has 0 amide bonds. The Hall–Kier alpha value is -0.670. The number of halogens is 3. The molecule has 0 radical (unpaired) electrons. The van der Waals surface area contributed by atoms with E-state index in [1.54, 1.807) is 7.05 Å². The fraction of sp³-hybridized carbons (Fsp3) is 0.938. The summed E-state index contributed by atoms with van der Waals surface area (Å²) in [6.45, 7) is 3.96. The van der Waals surface area contributed by atoms with Gasteiger partial charge >= 0.3 is 6.18 Å². The van der Waals surface area contributed by atoms with Crippen LogP contribution in [0.4, 0.5) is 13.2 Å². The van der Waals surface area contributed by atoms with Crippen molar-refractivity contribution < 1.29 is 13.2 Å². The summed E-state index contributed by atoms with van der Waals surface area (Å²) in [6.07, 6.45) is -3.04. The van der Waals surface area contributed by atoms with Crippen molar-refractivity contribution in [3.8, 4) is 0 Å². The maximum absolute atomic E-state index is 12.9. The SMILES string of the molecule is CN=C(NCC1(N(C)C)CCSC1)N1CCN(C(C)C(F)(F)F)CC1. The molecule has 0 aliphatic carbocycles. The summed E-state index contributed by atoms with van der Waals surface area (Å²) in [7, 11) is 5.94. The Labute approximate surface area is 153 Å². The molecule has 0 aromatic rings. The molecule has 2 fully saturated rings. The molecule has 0 aromatic carbocycles. The normalized spacial score (nSPS) is 27.8. The van der Waals surface area contributed by atoms with Crippen LogP contribution in [0.15, 0.2) is 4.99 Å². The predicted molar refractivity (Wildman–Crippen MR) is 98.4 cm³/mol. The van der Waals surface area contributed by atoms with Crippen LogP contribution in [-0.4, -0.2) is 104 Å². The lowest BCUT2D eigenvalue weighted by molar-refractivity contribution is -0.181. The third kappa shape index (κ3) is 4.95. The predicted octanol–water partition coefficient (Wildman–Crippen LogP) is 1.57. The fourth-order valence-corrected chi connectivity index (χ4v) is 4.90. The highest BCUT2D eigenvalue weighted by atomic mass is 32.2. The second-order valence-corrected chi connectivity index (χ2v) is 8.17. The van der Waals surface area contributed by atoms with Crippen molar-refractivity contribution in [2.75, 3.05) is 65.4 Å². The lowest BCUT2D eigenvalue weighted by Gasteiger charge is -2.41. The van der Waals surface area contributed by atoms with Gasteiger partial charge in [-0.1, -0.05) is 0 Å². The van der Waals surface area contributed by atoms with E-state index in [-0.39, 0.29) is 5.54 Å². The average Bonchev–Trinajstić information content (AvgIpc) is 3.05. The van der Waals surface area contributed by atoms with Gasteiger partial charge in [-0.2, -0.15) is 24.9 Å². The van der Waals surface area contributed by atoms with Gasteiger partial charge in [0.05, 0.1) is 0 Å². The van der Waals surface area contributed by atoms with Gasteiger partial charge in [-0.15, -0.1) is 0 Å². The Morgan fingerprint density at radius 3 is 2.36 bits per heavy atom. The molecular formula is C16H30F3N5S. The molecule has 0 spiro atoms. The van der Waals surface area contributed by atoms with Crippen LogP contribution >= 0.6 is 11.8 Å². The molecule has 2 aliphatic heterocycles. The number of rotatable bonds is 4. The summed E-state index contributed by atoms with van der Waals surface area (Å²) in [6, 6.07) is -1.39. The van der Waals surface area contributed by atoms with E-state index in [4.69, 9.17) is 0 Å². The van der Waals surface area contributed by atoms with Gasteiger partial charge in [-0.25, -0.2) is 0 Å². The van der Waals surface area contributed by atoms with Gasteiger partial charge in [-0.3, -0.25) is 9.89 Å². The molecule has 0 aromatic heterocycles. The number of guanidine groups is 1. The minimum Gasteiger partial charge on any atom is -0.354 e. The standard InChI is InChI=1S/C16H30F3N5S/c1-13(16(17,18)19)23-6-8-24(9-7-23)14(20-2)21-11-15(22(3)4)5-10-25-12-15/h13H,5-12H2,1-4H3,(H,20,21). The molecule has 25 heavy (non-hydrogen) atoms. The smallest absolute Gasteiger partial charge is 0.354 e. The van der Waals surface area contributed by atoms with Crippen molar-refractivity contribution in [1.82, 2.24) is 20.0 Å². The van der Waals surface area contributed by atoms with Crippen LogP contribution in [0.2, 0.25) is 0 Å². The van der Waals surface area contributed by atoms with Crippen LogP contribution < -0.4 is 5.32 Å². The first-order chi connectivity index (χ1) is 11.7. The largest absolute Gasteiger partial charge is 0.403 e. The van der Waals surface area contributed by atoms with E-state index in [0.717, 1.165) is 30.4 Å². The molecule has 0 saturated carbocycles. The highest BCUT2D eigenvalue weighted by Crippen LogP contribution is 2.31. The van der Waals surface area contributed by atoms with E-state index >= 15 is 0 Å². The average molecular weight is 382 g/mol. The van der Waals surface area contributed by atoms with Gasteiger partial charge in [0, 0.05) is 51.1 Å². The second kappa shape index (κ2) is 8.35. The number of aliphatic imine (C=N–C) groups is 1. The molecule has 146 valence electrons. The van der Waals surface area contributed by atoms with Gasteiger partial charge in [0.25, 0.3) is 0 Å². The van der Waals surface area contributed by atoms with E-state index in [1.165, 1.54) is 11.8 Å². The molecule has 0 bridgehead atoms. The third-order valence-electron chi connectivity index (χ3n) is 5.45. The molecular weight excluding hydrogens is 351 g/mol. The van der Waals surface area contributed by atoms with E-state index in [9.17, 15) is 13.2 Å². The molecule has 1 N–H and O–H groups in total. The van der Waals surface area contributed by atoms with Gasteiger partial charge in [0.1, 0.15) is 6.04 Å². The first-order valence-electron chi connectivity index (χ1n) is 8.71. The first-order valence-corrected chi connectivity index (χ1v) is 9.86. The van der Waals surface area contributed by atoms with Crippen LogP contribution in [-0.2, 0) is 0 Å². The number of nitrogens with zero attached hydrogens (tertiary/aromatic N) is 4. The maximum Gasteiger partial charge on any atom is 0.403 e.